The SMILES string of the molecule is COc1ccc([C@@H](C)NC(=O)CCc2nc(-c3ccccc3)c(-c3ccccc3)o2)cc1F. The molecule has 168 valence electrons. The molecule has 6 heteroatoms. The van der Waals surface area contributed by atoms with Gasteiger partial charge in [0.05, 0.1) is 13.2 Å². The molecule has 0 saturated heterocycles. The first kappa shape index (κ1) is 22.3. The molecule has 33 heavy (non-hydrogen) atoms. The van der Waals surface area contributed by atoms with Crippen LogP contribution in [0.5, 0.6) is 5.75 Å². The Labute approximate surface area is 192 Å². The van der Waals surface area contributed by atoms with Gasteiger partial charge in [-0.05, 0) is 24.6 Å². The molecule has 4 aromatic rings. The van der Waals surface area contributed by atoms with Crippen molar-refractivity contribution >= 4 is 5.91 Å². The number of benzene rings is 3. The number of aryl methyl sites for hydroxylation is 1. The van der Waals surface area contributed by atoms with Gasteiger partial charge < -0.3 is 14.5 Å². The van der Waals surface area contributed by atoms with Crippen molar-refractivity contribution in [3.8, 4) is 28.3 Å². The van der Waals surface area contributed by atoms with Crippen LogP contribution in [-0.4, -0.2) is 18.0 Å². The van der Waals surface area contributed by atoms with E-state index in [4.69, 9.17) is 9.15 Å². The van der Waals surface area contributed by atoms with Crippen molar-refractivity contribution in [3.05, 3.63) is 96.1 Å². The van der Waals surface area contributed by atoms with E-state index in [1.807, 2.05) is 67.6 Å². The highest BCUT2D eigenvalue weighted by Crippen LogP contribution is 2.33. The number of rotatable bonds is 8. The first-order valence-electron chi connectivity index (χ1n) is 10.8. The molecular weight excluding hydrogens is 419 g/mol. The van der Waals surface area contributed by atoms with Crippen LogP contribution in [0.25, 0.3) is 22.6 Å². The van der Waals surface area contributed by atoms with E-state index in [2.05, 4.69) is 10.3 Å². The van der Waals surface area contributed by atoms with Crippen LogP contribution in [0.3, 0.4) is 0 Å². The summed E-state index contributed by atoms with van der Waals surface area (Å²) in [7, 11) is 1.42. The number of hydrogen-bond acceptors (Lipinski definition) is 4. The highest BCUT2D eigenvalue weighted by molar-refractivity contribution is 5.78. The number of nitrogens with zero attached hydrogens (tertiary/aromatic N) is 1. The molecule has 3 aromatic carbocycles. The fraction of sp³-hybridized carbons (Fsp3) is 0.185. The summed E-state index contributed by atoms with van der Waals surface area (Å²) in [6, 6.07) is 23.9. The Bertz CT molecular complexity index is 1170. The molecule has 0 unspecified atom stereocenters. The van der Waals surface area contributed by atoms with Crippen LogP contribution in [0.1, 0.15) is 30.8 Å². The third kappa shape index (κ3) is 5.29. The van der Waals surface area contributed by atoms with Gasteiger partial charge in [-0.15, -0.1) is 0 Å². The molecule has 1 N–H and O–H groups in total. The van der Waals surface area contributed by atoms with Crippen molar-refractivity contribution in [2.24, 2.45) is 0 Å². The Hall–Kier alpha value is -3.93. The zero-order valence-corrected chi connectivity index (χ0v) is 18.5. The molecule has 0 aliphatic rings. The summed E-state index contributed by atoms with van der Waals surface area (Å²) in [6.45, 7) is 1.81. The van der Waals surface area contributed by atoms with Gasteiger partial charge in [-0.3, -0.25) is 4.79 Å². The van der Waals surface area contributed by atoms with Crippen molar-refractivity contribution < 1.29 is 18.3 Å². The predicted octanol–water partition coefficient (Wildman–Crippen LogP) is 5.97. The van der Waals surface area contributed by atoms with Gasteiger partial charge in [0, 0.05) is 24.0 Å². The molecule has 0 aliphatic heterocycles. The molecule has 0 spiro atoms. The van der Waals surface area contributed by atoms with Gasteiger partial charge >= 0.3 is 0 Å². The highest BCUT2D eigenvalue weighted by atomic mass is 19.1. The second-order valence-electron chi connectivity index (χ2n) is 7.70. The summed E-state index contributed by atoms with van der Waals surface area (Å²) in [5.41, 5.74) is 3.29. The summed E-state index contributed by atoms with van der Waals surface area (Å²) in [4.78, 5) is 17.2. The molecule has 0 radical (unpaired) electrons. The molecule has 1 heterocycles. The summed E-state index contributed by atoms with van der Waals surface area (Å²) >= 11 is 0. The lowest BCUT2D eigenvalue weighted by Gasteiger charge is -2.15. The van der Waals surface area contributed by atoms with E-state index in [1.165, 1.54) is 13.2 Å². The number of nitrogens with one attached hydrogen (secondary N) is 1. The van der Waals surface area contributed by atoms with Crippen LogP contribution in [0, 0.1) is 5.82 Å². The smallest absolute Gasteiger partial charge is 0.220 e. The maximum atomic E-state index is 14.0. The first-order valence-corrected chi connectivity index (χ1v) is 10.8. The van der Waals surface area contributed by atoms with E-state index < -0.39 is 5.82 Å². The number of oxazole rings is 1. The number of amides is 1. The van der Waals surface area contributed by atoms with Gasteiger partial charge in [-0.25, -0.2) is 9.37 Å². The zero-order chi connectivity index (χ0) is 23.2. The summed E-state index contributed by atoms with van der Waals surface area (Å²) in [5.74, 6) is 0.715. The summed E-state index contributed by atoms with van der Waals surface area (Å²) in [6.07, 6.45) is 0.550. The number of carbonyl (C=O) groups excluding carboxylic acids is 1. The van der Waals surface area contributed by atoms with Gasteiger partial charge in [0.2, 0.25) is 5.91 Å². The normalized spacial score (nSPS) is 11.7. The average molecular weight is 445 g/mol. The Balaban J connectivity index is 1.46. The molecule has 1 amide bonds. The Morgan fingerprint density at radius 2 is 1.70 bits per heavy atom. The van der Waals surface area contributed by atoms with Crippen molar-refractivity contribution in [2.45, 2.75) is 25.8 Å². The monoisotopic (exact) mass is 444 g/mol. The highest BCUT2D eigenvalue weighted by Gasteiger charge is 2.18. The Kier molecular flexibility index (Phi) is 6.83. The van der Waals surface area contributed by atoms with Crippen molar-refractivity contribution in [3.63, 3.8) is 0 Å². The maximum absolute atomic E-state index is 14.0. The lowest BCUT2D eigenvalue weighted by Crippen LogP contribution is -2.26. The lowest BCUT2D eigenvalue weighted by atomic mass is 10.1. The molecular formula is C27H25FN2O3. The molecule has 4 rings (SSSR count). The van der Waals surface area contributed by atoms with Crippen LogP contribution >= 0.6 is 0 Å². The molecule has 5 nitrogen and oxygen atoms in total. The van der Waals surface area contributed by atoms with E-state index in [1.54, 1.807) is 12.1 Å². The standard InChI is InChI=1S/C27H25FN2O3/c1-18(21-13-14-23(32-2)22(28)17-21)29-24(31)15-16-25-30-26(19-9-5-3-6-10-19)27(33-25)20-11-7-4-8-12-20/h3-14,17-18H,15-16H2,1-2H3,(H,29,31)/t18-/m1/s1. The Morgan fingerprint density at radius 3 is 2.33 bits per heavy atom. The number of methoxy groups -OCH3 is 1. The number of aromatic nitrogens is 1. The third-order valence-corrected chi connectivity index (χ3v) is 5.37. The fourth-order valence-electron chi connectivity index (χ4n) is 3.62. The number of hydrogen-bond donors (Lipinski definition) is 1. The van der Waals surface area contributed by atoms with E-state index in [0.717, 1.165) is 16.8 Å². The summed E-state index contributed by atoms with van der Waals surface area (Å²) in [5, 5.41) is 2.90. The molecule has 0 aliphatic carbocycles. The largest absolute Gasteiger partial charge is 0.494 e. The van der Waals surface area contributed by atoms with E-state index in [-0.39, 0.29) is 24.1 Å². The predicted molar refractivity (Wildman–Crippen MR) is 125 cm³/mol. The van der Waals surface area contributed by atoms with Crippen LogP contribution < -0.4 is 10.1 Å². The van der Waals surface area contributed by atoms with Gasteiger partial charge in [-0.2, -0.15) is 0 Å². The van der Waals surface area contributed by atoms with Crippen LogP contribution in [0.4, 0.5) is 4.39 Å². The number of halogens is 1. The second kappa shape index (κ2) is 10.1. The molecule has 0 saturated carbocycles. The Morgan fingerprint density at radius 1 is 1.03 bits per heavy atom. The molecule has 1 atom stereocenters. The van der Waals surface area contributed by atoms with Gasteiger partial charge in [-0.1, -0.05) is 66.7 Å². The molecule has 1 aromatic heterocycles. The van der Waals surface area contributed by atoms with Gasteiger partial charge in [0.15, 0.2) is 23.2 Å². The topological polar surface area (TPSA) is 64.4 Å². The molecule has 0 fully saturated rings. The van der Waals surface area contributed by atoms with E-state index >= 15 is 0 Å². The van der Waals surface area contributed by atoms with E-state index in [0.29, 0.717) is 23.6 Å². The minimum Gasteiger partial charge on any atom is -0.494 e. The maximum Gasteiger partial charge on any atom is 0.220 e. The minimum atomic E-state index is -0.460. The molecule has 0 bridgehead atoms. The third-order valence-electron chi connectivity index (χ3n) is 5.37. The van der Waals surface area contributed by atoms with Crippen molar-refractivity contribution in [1.82, 2.24) is 10.3 Å². The van der Waals surface area contributed by atoms with Gasteiger partial charge in [0.1, 0.15) is 5.69 Å². The number of carbonyl (C=O) groups is 1. The summed E-state index contributed by atoms with van der Waals surface area (Å²) < 4.78 is 25.0. The van der Waals surface area contributed by atoms with E-state index in [9.17, 15) is 9.18 Å². The zero-order valence-electron chi connectivity index (χ0n) is 18.5. The van der Waals surface area contributed by atoms with Crippen LogP contribution in [-0.2, 0) is 11.2 Å². The fourth-order valence-corrected chi connectivity index (χ4v) is 3.62. The van der Waals surface area contributed by atoms with Gasteiger partial charge in [0.25, 0.3) is 0 Å². The van der Waals surface area contributed by atoms with Crippen LogP contribution in [0.2, 0.25) is 0 Å². The van der Waals surface area contributed by atoms with Crippen molar-refractivity contribution in [2.75, 3.05) is 7.11 Å². The van der Waals surface area contributed by atoms with Crippen LogP contribution in [0.15, 0.2) is 83.3 Å². The average Bonchev–Trinajstić information content (AvgIpc) is 3.28. The lowest BCUT2D eigenvalue weighted by molar-refractivity contribution is -0.121. The quantitative estimate of drug-likeness (QED) is 0.364. The van der Waals surface area contributed by atoms with Crippen molar-refractivity contribution in [1.29, 1.82) is 0 Å². The second-order valence-corrected chi connectivity index (χ2v) is 7.70. The minimum absolute atomic E-state index is 0.167. The first-order chi connectivity index (χ1) is 16.0. The number of ether oxygens (including phenoxy) is 1.